The molecule has 0 saturated carbocycles. The molecule has 3 heteroatoms. The minimum absolute atomic E-state index is 0.638. The molecule has 19 heavy (non-hydrogen) atoms. The molecule has 0 atom stereocenters. The Kier molecular flexibility index (Phi) is 7.25. The maximum Gasteiger partial charge on any atom is 0.0459 e. The molecule has 0 heterocycles. The van der Waals surface area contributed by atoms with Crippen molar-refractivity contribution in [3.63, 3.8) is 0 Å². The van der Waals surface area contributed by atoms with Crippen LogP contribution in [0.15, 0.2) is 18.2 Å². The summed E-state index contributed by atoms with van der Waals surface area (Å²) in [4.78, 5) is 2.44. The summed E-state index contributed by atoms with van der Waals surface area (Å²) >= 11 is 6.33. The number of anilines is 1. The summed E-state index contributed by atoms with van der Waals surface area (Å²) in [7, 11) is 0. The van der Waals surface area contributed by atoms with E-state index in [-0.39, 0.29) is 0 Å². The molecule has 0 aromatic heterocycles. The van der Waals surface area contributed by atoms with Crippen LogP contribution in [0.1, 0.15) is 39.2 Å². The highest BCUT2D eigenvalue weighted by molar-refractivity contribution is 6.31. The van der Waals surface area contributed by atoms with Gasteiger partial charge in [-0.3, -0.25) is 0 Å². The number of nitrogens with two attached hydrogens (primary N) is 1. The Morgan fingerprint density at radius 1 is 1.21 bits per heavy atom. The van der Waals surface area contributed by atoms with Crippen molar-refractivity contribution in [2.24, 2.45) is 11.7 Å². The van der Waals surface area contributed by atoms with E-state index in [9.17, 15) is 0 Å². The van der Waals surface area contributed by atoms with E-state index in [0.717, 1.165) is 30.5 Å². The van der Waals surface area contributed by atoms with Crippen LogP contribution < -0.4 is 10.6 Å². The summed E-state index contributed by atoms with van der Waals surface area (Å²) in [5.41, 5.74) is 8.17. The van der Waals surface area contributed by atoms with Gasteiger partial charge >= 0.3 is 0 Å². The highest BCUT2D eigenvalue weighted by Gasteiger charge is 2.15. The van der Waals surface area contributed by atoms with E-state index in [1.54, 1.807) is 0 Å². The topological polar surface area (TPSA) is 29.3 Å². The van der Waals surface area contributed by atoms with Crippen LogP contribution in [-0.4, -0.2) is 19.6 Å². The number of hydrogen-bond acceptors (Lipinski definition) is 2. The van der Waals surface area contributed by atoms with E-state index in [2.05, 4.69) is 31.7 Å². The van der Waals surface area contributed by atoms with Crippen LogP contribution in [0.4, 0.5) is 5.69 Å². The van der Waals surface area contributed by atoms with E-state index in [4.69, 9.17) is 17.3 Å². The van der Waals surface area contributed by atoms with Crippen molar-refractivity contribution in [1.29, 1.82) is 0 Å². The molecular formula is C16H27ClN2. The second kappa shape index (κ2) is 8.44. The molecule has 0 fully saturated rings. The van der Waals surface area contributed by atoms with Gasteiger partial charge in [-0.05, 0) is 43.5 Å². The van der Waals surface area contributed by atoms with Gasteiger partial charge in [0.05, 0.1) is 0 Å². The second-order valence-corrected chi connectivity index (χ2v) is 5.40. The molecule has 0 unspecified atom stereocenters. The highest BCUT2D eigenvalue weighted by atomic mass is 35.5. The van der Waals surface area contributed by atoms with Crippen molar-refractivity contribution in [1.82, 2.24) is 0 Å². The van der Waals surface area contributed by atoms with Gasteiger partial charge in [-0.25, -0.2) is 0 Å². The normalized spacial score (nSPS) is 11.1. The van der Waals surface area contributed by atoms with E-state index in [0.29, 0.717) is 6.54 Å². The van der Waals surface area contributed by atoms with Gasteiger partial charge in [-0.2, -0.15) is 0 Å². The summed E-state index contributed by atoms with van der Waals surface area (Å²) < 4.78 is 0. The summed E-state index contributed by atoms with van der Waals surface area (Å²) in [6.07, 6.45) is 3.29. The fourth-order valence-electron chi connectivity index (χ4n) is 2.49. The highest BCUT2D eigenvalue weighted by Crippen LogP contribution is 2.29. The van der Waals surface area contributed by atoms with Crippen molar-refractivity contribution in [3.8, 4) is 0 Å². The molecule has 108 valence electrons. The molecule has 1 aromatic rings. The van der Waals surface area contributed by atoms with Crippen LogP contribution in [0.5, 0.6) is 0 Å². The van der Waals surface area contributed by atoms with Gasteiger partial charge < -0.3 is 10.6 Å². The predicted molar refractivity (Wildman–Crippen MR) is 86.2 cm³/mol. The lowest BCUT2D eigenvalue weighted by Gasteiger charge is -2.29. The smallest absolute Gasteiger partial charge is 0.0459 e. The Morgan fingerprint density at radius 3 is 2.42 bits per heavy atom. The van der Waals surface area contributed by atoms with Crippen molar-refractivity contribution in [2.75, 3.05) is 24.5 Å². The van der Waals surface area contributed by atoms with Gasteiger partial charge in [-0.1, -0.05) is 44.4 Å². The lowest BCUT2D eigenvalue weighted by atomic mass is 10.0. The van der Waals surface area contributed by atoms with Gasteiger partial charge in [0, 0.05) is 23.8 Å². The first-order valence-corrected chi connectivity index (χ1v) is 7.77. The lowest BCUT2D eigenvalue weighted by Crippen LogP contribution is -2.30. The Bertz CT molecular complexity index is 375. The molecular weight excluding hydrogens is 256 g/mol. The number of halogens is 1. The molecule has 2 N–H and O–H groups in total. The first-order valence-electron chi connectivity index (χ1n) is 7.40. The quantitative estimate of drug-likeness (QED) is 0.778. The maximum atomic E-state index is 6.33. The number of nitrogens with zero attached hydrogens (tertiary/aromatic N) is 1. The first kappa shape index (κ1) is 16.3. The second-order valence-electron chi connectivity index (χ2n) is 5.00. The van der Waals surface area contributed by atoms with Crippen LogP contribution in [0.3, 0.4) is 0 Å². The fourth-order valence-corrected chi connectivity index (χ4v) is 2.76. The molecule has 0 aliphatic carbocycles. The number of hydrogen-bond donors (Lipinski definition) is 1. The molecule has 1 aromatic carbocycles. The molecule has 1 rings (SSSR count). The van der Waals surface area contributed by atoms with E-state index in [1.165, 1.54) is 24.1 Å². The molecule has 0 spiro atoms. The average Bonchev–Trinajstić information content (AvgIpc) is 2.43. The standard InChI is InChI=1S/C16H27ClN2/c1-4-13(5-2)12-19(6-3)16-9-7-8-15(17)14(16)10-11-18/h7-9,13H,4-6,10-12,18H2,1-3H3. The van der Waals surface area contributed by atoms with Crippen molar-refractivity contribution in [3.05, 3.63) is 28.8 Å². The predicted octanol–water partition coefficient (Wildman–Crippen LogP) is 4.10. The van der Waals surface area contributed by atoms with E-state index >= 15 is 0 Å². The number of rotatable bonds is 8. The molecule has 0 saturated heterocycles. The molecule has 2 nitrogen and oxygen atoms in total. The Morgan fingerprint density at radius 2 is 1.89 bits per heavy atom. The van der Waals surface area contributed by atoms with Gasteiger partial charge in [0.2, 0.25) is 0 Å². The van der Waals surface area contributed by atoms with Gasteiger partial charge in [-0.15, -0.1) is 0 Å². The van der Waals surface area contributed by atoms with Crippen LogP contribution >= 0.6 is 11.6 Å². The third-order valence-corrected chi connectivity index (χ3v) is 4.20. The van der Waals surface area contributed by atoms with E-state index in [1.807, 2.05) is 12.1 Å². The molecule has 0 aliphatic heterocycles. The molecule has 0 amide bonds. The van der Waals surface area contributed by atoms with Crippen LogP contribution in [0.2, 0.25) is 5.02 Å². The van der Waals surface area contributed by atoms with Crippen LogP contribution in [0.25, 0.3) is 0 Å². The average molecular weight is 283 g/mol. The maximum absolute atomic E-state index is 6.33. The van der Waals surface area contributed by atoms with Gasteiger partial charge in [0.15, 0.2) is 0 Å². The van der Waals surface area contributed by atoms with Crippen LogP contribution in [-0.2, 0) is 6.42 Å². The first-order chi connectivity index (χ1) is 9.17. The lowest BCUT2D eigenvalue weighted by molar-refractivity contribution is 0.485. The third kappa shape index (κ3) is 4.39. The Balaban J connectivity index is 3.00. The summed E-state index contributed by atoms with van der Waals surface area (Å²) in [6, 6.07) is 6.16. The fraction of sp³-hybridized carbons (Fsp3) is 0.625. The zero-order valence-corrected chi connectivity index (χ0v) is 13.2. The zero-order valence-electron chi connectivity index (χ0n) is 12.5. The van der Waals surface area contributed by atoms with E-state index < -0.39 is 0 Å². The minimum atomic E-state index is 0.638. The molecule has 0 radical (unpaired) electrons. The number of benzene rings is 1. The van der Waals surface area contributed by atoms with Gasteiger partial charge in [0.25, 0.3) is 0 Å². The zero-order chi connectivity index (χ0) is 14.3. The molecule has 0 bridgehead atoms. The van der Waals surface area contributed by atoms with Crippen molar-refractivity contribution >= 4 is 17.3 Å². The van der Waals surface area contributed by atoms with Crippen molar-refractivity contribution < 1.29 is 0 Å². The minimum Gasteiger partial charge on any atom is -0.371 e. The molecule has 0 aliphatic rings. The van der Waals surface area contributed by atoms with Crippen LogP contribution in [0, 0.1) is 5.92 Å². The summed E-state index contributed by atoms with van der Waals surface area (Å²) in [6.45, 7) is 9.48. The summed E-state index contributed by atoms with van der Waals surface area (Å²) in [5, 5.41) is 0.839. The Hall–Kier alpha value is -0.730. The Labute approximate surface area is 122 Å². The summed E-state index contributed by atoms with van der Waals surface area (Å²) in [5.74, 6) is 0.740. The van der Waals surface area contributed by atoms with Crippen molar-refractivity contribution in [2.45, 2.75) is 40.0 Å². The third-order valence-electron chi connectivity index (χ3n) is 3.84. The van der Waals surface area contributed by atoms with Gasteiger partial charge in [0.1, 0.15) is 0 Å². The SMILES string of the molecule is CCC(CC)CN(CC)c1cccc(Cl)c1CCN. The monoisotopic (exact) mass is 282 g/mol. The largest absolute Gasteiger partial charge is 0.371 e.